The fourth-order valence-electron chi connectivity index (χ4n) is 2.54. The maximum atomic E-state index is 12.5. The number of hydrogen-bond donors (Lipinski definition) is 1. The number of aryl methyl sites for hydroxylation is 1. The van der Waals surface area contributed by atoms with Gasteiger partial charge in [-0.15, -0.1) is 28.2 Å². The Balaban J connectivity index is 1.39. The number of amides is 1. The number of anilines is 1. The fraction of sp³-hybridized carbons (Fsp3) is 0.105. The molecule has 28 heavy (non-hydrogen) atoms. The molecule has 0 bridgehead atoms. The van der Waals surface area contributed by atoms with Gasteiger partial charge in [-0.2, -0.15) is 0 Å². The topological polar surface area (TPSA) is 85.6 Å². The van der Waals surface area contributed by atoms with E-state index in [1.807, 2.05) is 55.5 Å². The molecule has 0 saturated heterocycles. The van der Waals surface area contributed by atoms with Crippen molar-refractivity contribution in [3.63, 3.8) is 0 Å². The maximum absolute atomic E-state index is 12.5. The minimum atomic E-state index is -0.166. The van der Waals surface area contributed by atoms with Gasteiger partial charge in [0.25, 0.3) is 5.91 Å². The molecular weight excluding hydrogens is 392 g/mol. The van der Waals surface area contributed by atoms with Gasteiger partial charge in [0.05, 0.1) is 16.4 Å². The predicted molar refractivity (Wildman–Crippen MR) is 110 cm³/mol. The van der Waals surface area contributed by atoms with Gasteiger partial charge in [-0.1, -0.05) is 6.07 Å². The van der Waals surface area contributed by atoms with E-state index in [0.717, 1.165) is 27.0 Å². The zero-order valence-corrected chi connectivity index (χ0v) is 16.6. The molecule has 0 saturated carbocycles. The van der Waals surface area contributed by atoms with Crippen molar-refractivity contribution in [2.45, 2.75) is 17.6 Å². The Hall–Kier alpha value is -3.04. The number of nitrogens with one attached hydrogen (secondary N) is 1. The summed E-state index contributed by atoms with van der Waals surface area (Å²) in [6.07, 6.45) is 1.50. The van der Waals surface area contributed by atoms with Crippen molar-refractivity contribution < 1.29 is 4.79 Å². The van der Waals surface area contributed by atoms with Crippen LogP contribution >= 0.6 is 23.1 Å². The van der Waals surface area contributed by atoms with Crippen LogP contribution in [0.2, 0.25) is 0 Å². The van der Waals surface area contributed by atoms with Crippen LogP contribution in [0.4, 0.5) is 5.69 Å². The van der Waals surface area contributed by atoms with Crippen molar-refractivity contribution in [2.24, 2.45) is 0 Å². The molecule has 9 heteroatoms. The van der Waals surface area contributed by atoms with Crippen LogP contribution in [0, 0.1) is 6.92 Å². The van der Waals surface area contributed by atoms with Gasteiger partial charge >= 0.3 is 0 Å². The summed E-state index contributed by atoms with van der Waals surface area (Å²) in [5.74, 6) is 0.653. The van der Waals surface area contributed by atoms with Crippen molar-refractivity contribution in [3.8, 4) is 5.69 Å². The van der Waals surface area contributed by atoms with Crippen molar-refractivity contribution in [1.29, 1.82) is 0 Å². The van der Waals surface area contributed by atoms with Crippen LogP contribution in [-0.2, 0) is 5.75 Å². The molecule has 7 nitrogen and oxygen atoms in total. The third-order valence-corrected chi connectivity index (χ3v) is 5.76. The second kappa shape index (κ2) is 8.32. The van der Waals surface area contributed by atoms with Crippen molar-refractivity contribution in [3.05, 3.63) is 76.5 Å². The van der Waals surface area contributed by atoms with Gasteiger partial charge in [-0.05, 0) is 59.8 Å². The molecule has 4 rings (SSSR count). The maximum Gasteiger partial charge on any atom is 0.255 e. The number of rotatable bonds is 6. The average molecular weight is 409 g/mol. The standard InChI is InChI=1S/C19H16N6OS2/c1-13-21-16(10-27-13)11-28-18-7-5-14(6-8-18)19(26)22-15-3-2-4-17(9-15)25-12-20-23-24-25/h2-10,12H,11H2,1H3,(H,22,26). The lowest BCUT2D eigenvalue weighted by Crippen LogP contribution is -2.12. The molecule has 0 aliphatic carbocycles. The number of thiazole rings is 1. The van der Waals surface area contributed by atoms with E-state index in [9.17, 15) is 4.79 Å². The highest BCUT2D eigenvalue weighted by molar-refractivity contribution is 7.98. The van der Waals surface area contributed by atoms with E-state index in [4.69, 9.17) is 0 Å². The first-order valence-corrected chi connectivity index (χ1v) is 10.3. The zero-order chi connectivity index (χ0) is 19.3. The van der Waals surface area contributed by atoms with Crippen molar-refractivity contribution in [1.82, 2.24) is 25.2 Å². The first-order valence-electron chi connectivity index (χ1n) is 8.46. The molecule has 0 aliphatic heterocycles. The van der Waals surface area contributed by atoms with Crippen molar-refractivity contribution >= 4 is 34.7 Å². The number of carbonyl (C=O) groups is 1. The highest BCUT2D eigenvalue weighted by Crippen LogP contribution is 2.24. The first-order chi connectivity index (χ1) is 13.7. The molecule has 1 amide bonds. The molecule has 2 aromatic heterocycles. The summed E-state index contributed by atoms with van der Waals surface area (Å²) < 4.78 is 1.53. The number of carbonyl (C=O) groups excluding carboxylic acids is 1. The molecule has 0 spiro atoms. The lowest BCUT2D eigenvalue weighted by atomic mass is 10.2. The highest BCUT2D eigenvalue weighted by atomic mass is 32.2. The van der Waals surface area contributed by atoms with Crippen molar-refractivity contribution in [2.75, 3.05) is 5.32 Å². The summed E-state index contributed by atoms with van der Waals surface area (Å²) in [5.41, 5.74) is 3.13. The molecule has 2 aromatic carbocycles. The summed E-state index contributed by atoms with van der Waals surface area (Å²) in [4.78, 5) is 18.1. The highest BCUT2D eigenvalue weighted by Gasteiger charge is 2.08. The lowest BCUT2D eigenvalue weighted by molar-refractivity contribution is 0.102. The SMILES string of the molecule is Cc1nc(CSc2ccc(C(=O)Nc3cccc(-n4cnnn4)c3)cc2)cs1. The Morgan fingerprint density at radius 2 is 2.07 bits per heavy atom. The van der Waals surface area contributed by atoms with E-state index in [2.05, 4.69) is 31.2 Å². The normalized spacial score (nSPS) is 10.8. The van der Waals surface area contributed by atoms with Gasteiger partial charge in [0, 0.05) is 27.3 Å². The Labute approximate surface area is 169 Å². The van der Waals surface area contributed by atoms with Gasteiger partial charge in [0.2, 0.25) is 0 Å². The zero-order valence-electron chi connectivity index (χ0n) is 14.9. The molecule has 0 radical (unpaired) electrons. The number of hydrogen-bond acceptors (Lipinski definition) is 7. The molecule has 0 aliphatic rings. The van der Waals surface area contributed by atoms with Gasteiger partial charge in [0.1, 0.15) is 6.33 Å². The first kappa shape index (κ1) is 18.3. The lowest BCUT2D eigenvalue weighted by Gasteiger charge is -2.08. The second-order valence-electron chi connectivity index (χ2n) is 5.93. The van der Waals surface area contributed by atoms with E-state index >= 15 is 0 Å². The molecule has 140 valence electrons. The van der Waals surface area contributed by atoms with Gasteiger partial charge in [-0.25, -0.2) is 9.67 Å². The number of benzene rings is 2. The molecule has 1 N–H and O–H groups in total. The van der Waals surface area contributed by atoms with Crippen LogP contribution in [-0.4, -0.2) is 31.1 Å². The van der Waals surface area contributed by atoms with E-state index in [-0.39, 0.29) is 5.91 Å². The predicted octanol–water partition coefficient (Wildman–Crippen LogP) is 3.97. The molecule has 0 unspecified atom stereocenters. The largest absolute Gasteiger partial charge is 0.322 e. The van der Waals surface area contributed by atoms with E-state index < -0.39 is 0 Å². The summed E-state index contributed by atoms with van der Waals surface area (Å²) in [6.45, 7) is 2.00. The van der Waals surface area contributed by atoms with Crippen LogP contribution in [0.15, 0.2) is 65.1 Å². The van der Waals surface area contributed by atoms with Gasteiger partial charge in [-0.3, -0.25) is 4.79 Å². The molecule has 4 aromatic rings. The van der Waals surface area contributed by atoms with Gasteiger partial charge < -0.3 is 5.32 Å². The average Bonchev–Trinajstić information content (AvgIpc) is 3.39. The number of nitrogens with zero attached hydrogens (tertiary/aromatic N) is 5. The van der Waals surface area contributed by atoms with Crippen LogP contribution in [0.25, 0.3) is 5.69 Å². The summed E-state index contributed by atoms with van der Waals surface area (Å²) in [5, 5.41) is 17.1. The summed E-state index contributed by atoms with van der Waals surface area (Å²) in [7, 11) is 0. The smallest absolute Gasteiger partial charge is 0.255 e. The van der Waals surface area contributed by atoms with E-state index in [0.29, 0.717) is 11.3 Å². The molecular formula is C19H16N6OS2. The summed E-state index contributed by atoms with van der Waals surface area (Å²) in [6, 6.07) is 14.9. The van der Waals surface area contributed by atoms with Crippen LogP contribution in [0.5, 0.6) is 0 Å². The Kier molecular flexibility index (Phi) is 5.45. The quantitative estimate of drug-likeness (QED) is 0.486. The minimum absolute atomic E-state index is 0.166. The molecule has 0 atom stereocenters. The van der Waals surface area contributed by atoms with Crippen LogP contribution in [0.1, 0.15) is 21.1 Å². The summed E-state index contributed by atoms with van der Waals surface area (Å²) >= 11 is 3.36. The number of aromatic nitrogens is 5. The fourth-order valence-corrected chi connectivity index (χ4v) is 4.05. The third-order valence-electron chi connectivity index (χ3n) is 3.89. The monoisotopic (exact) mass is 408 g/mol. The minimum Gasteiger partial charge on any atom is -0.322 e. The van der Waals surface area contributed by atoms with E-state index in [1.54, 1.807) is 23.1 Å². The third kappa shape index (κ3) is 4.44. The Morgan fingerprint density at radius 1 is 1.21 bits per heavy atom. The van der Waals surface area contributed by atoms with Gasteiger partial charge in [0.15, 0.2) is 0 Å². The Morgan fingerprint density at radius 3 is 2.79 bits per heavy atom. The Bertz CT molecular complexity index is 1080. The van der Waals surface area contributed by atoms with Crippen LogP contribution < -0.4 is 5.32 Å². The van der Waals surface area contributed by atoms with Crippen LogP contribution in [0.3, 0.4) is 0 Å². The van der Waals surface area contributed by atoms with E-state index in [1.165, 1.54) is 11.0 Å². The molecule has 0 fully saturated rings. The second-order valence-corrected chi connectivity index (χ2v) is 8.04. The number of thioether (sulfide) groups is 1. The number of tetrazole rings is 1. The molecule has 2 heterocycles.